The summed E-state index contributed by atoms with van der Waals surface area (Å²) < 4.78 is 23.3. The molecule has 2 rings (SSSR count). The van der Waals surface area contributed by atoms with E-state index in [1.807, 2.05) is 14.1 Å². The summed E-state index contributed by atoms with van der Waals surface area (Å²) in [6.07, 6.45) is 1.65. The Kier molecular flexibility index (Phi) is 5.11. The van der Waals surface area contributed by atoms with Gasteiger partial charge in [-0.3, -0.25) is 4.21 Å². The largest absolute Gasteiger partial charge is 0.760 e. The van der Waals surface area contributed by atoms with Gasteiger partial charge < -0.3 is 9.45 Å². The molecule has 0 amide bonds. The number of hydrogen-bond acceptors (Lipinski definition) is 3. The van der Waals surface area contributed by atoms with Crippen molar-refractivity contribution in [2.24, 2.45) is 0 Å². The summed E-state index contributed by atoms with van der Waals surface area (Å²) in [6, 6.07) is 12.6. The first-order valence-electron chi connectivity index (χ1n) is 6.60. The molecule has 108 valence electrons. The van der Waals surface area contributed by atoms with Crippen LogP contribution >= 0.6 is 0 Å². The average molecular weight is 291 g/mol. The van der Waals surface area contributed by atoms with Gasteiger partial charge >= 0.3 is 0 Å². The van der Waals surface area contributed by atoms with Gasteiger partial charge in [-0.1, -0.05) is 30.3 Å². The molecule has 0 spiro atoms. The van der Waals surface area contributed by atoms with Gasteiger partial charge in [0, 0.05) is 43.0 Å². The number of anilines is 1. The highest BCUT2D eigenvalue weighted by Gasteiger charge is 2.05. The number of nitrogens with one attached hydrogen (secondary N) is 1. The second kappa shape index (κ2) is 6.83. The Bertz CT molecular complexity index is 614. The second-order valence-corrected chi connectivity index (χ2v) is 5.67. The molecule has 5 heteroatoms. The summed E-state index contributed by atoms with van der Waals surface area (Å²) in [5.74, 6) is 0. The lowest BCUT2D eigenvalue weighted by Crippen LogP contribution is -2.18. The van der Waals surface area contributed by atoms with Crippen LogP contribution < -0.4 is 9.62 Å². The lowest BCUT2D eigenvalue weighted by molar-refractivity contribution is 0.521. The fourth-order valence-electron chi connectivity index (χ4n) is 2.40. The predicted molar refractivity (Wildman–Crippen MR) is 83.5 cm³/mol. The third-order valence-corrected chi connectivity index (χ3v) is 3.75. The third-order valence-electron chi connectivity index (χ3n) is 3.31. The van der Waals surface area contributed by atoms with Crippen molar-refractivity contribution in [2.75, 3.05) is 25.5 Å². The molecule has 0 aromatic heterocycles. The fourth-order valence-corrected chi connectivity index (χ4v) is 2.71. The Morgan fingerprint density at radius 1 is 1.15 bits per heavy atom. The molecular formula is C15H19N2O2S-. The van der Waals surface area contributed by atoms with Gasteiger partial charge in [0.25, 0.3) is 0 Å². The molecule has 2 aromatic carbocycles. The molecule has 0 radical (unpaired) electrons. The van der Waals surface area contributed by atoms with Crippen LogP contribution in [0, 0.1) is 0 Å². The van der Waals surface area contributed by atoms with Crippen LogP contribution in [0.15, 0.2) is 36.4 Å². The molecule has 20 heavy (non-hydrogen) atoms. The zero-order chi connectivity index (χ0) is 14.5. The summed E-state index contributed by atoms with van der Waals surface area (Å²) in [4.78, 5) is 2.11. The van der Waals surface area contributed by atoms with Gasteiger partial charge in [-0.05, 0) is 29.9 Å². The van der Waals surface area contributed by atoms with Crippen LogP contribution in [0.4, 0.5) is 5.69 Å². The summed E-state index contributed by atoms with van der Waals surface area (Å²) >= 11 is -2.17. The summed E-state index contributed by atoms with van der Waals surface area (Å²) in [7, 11) is 4.07. The van der Waals surface area contributed by atoms with Gasteiger partial charge in [0.2, 0.25) is 0 Å². The van der Waals surface area contributed by atoms with E-state index in [1.165, 1.54) is 22.0 Å². The Balaban J connectivity index is 2.22. The summed E-state index contributed by atoms with van der Waals surface area (Å²) in [6.45, 7) is 0.472. The molecule has 4 nitrogen and oxygen atoms in total. The Morgan fingerprint density at radius 2 is 1.85 bits per heavy atom. The SMILES string of the molecule is CN(C)c1cccc2c(CCCNS(=O)[O-])cccc12. The molecule has 1 unspecified atom stereocenters. The molecule has 0 saturated heterocycles. The van der Waals surface area contributed by atoms with E-state index in [0.717, 1.165) is 12.8 Å². The molecule has 1 atom stereocenters. The zero-order valence-electron chi connectivity index (χ0n) is 11.8. The molecule has 0 aliphatic carbocycles. The fraction of sp³-hybridized carbons (Fsp3) is 0.333. The van der Waals surface area contributed by atoms with Crippen LogP contribution in [0.1, 0.15) is 12.0 Å². The van der Waals surface area contributed by atoms with Gasteiger partial charge in [0.15, 0.2) is 0 Å². The first-order valence-corrected chi connectivity index (χ1v) is 7.68. The molecule has 0 aliphatic heterocycles. The number of hydrogen-bond donors (Lipinski definition) is 1. The maximum Gasteiger partial charge on any atom is 0.0440 e. The standard InChI is InChI=1S/C15H20N2O2S/c1-17(2)15-10-4-8-13-12(6-3-9-14(13)15)7-5-11-16-20(18)19/h3-4,6,8-10,16H,5,7,11H2,1-2H3,(H,18,19)/p-1. The van der Waals surface area contributed by atoms with Crippen molar-refractivity contribution >= 4 is 27.7 Å². The molecule has 0 heterocycles. The van der Waals surface area contributed by atoms with Crippen molar-refractivity contribution < 1.29 is 8.76 Å². The first-order chi connectivity index (χ1) is 9.59. The highest BCUT2D eigenvalue weighted by molar-refractivity contribution is 7.77. The second-order valence-electron chi connectivity index (χ2n) is 4.92. The Hall–Kier alpha value is -1.43. The minimum Gasteiger partial charge on any atom is -0.760 e. The third kappa shape index (κ3) is 3.56. The molecule has 0 saturated carbocycles. The quantitative estimate of drug-likeness (QED) is 0.656. The van der Waals surface area contributed by atoms with E-state index in [9.17, 15) is 8.76 Å². The van der Waals surface area contributed by atoms with Gasteiger partial charge in [-0.2, -0.15) is 0 Å². The molecule has 2 aromatic rings. The molecule has 0 bridgehead atoms. The maximum absolute atomic E-state index is 10.4. The average Bonchev–Trinajstić information content (AvgIpc) is 2.42. The molecule has 1 N–H and O–H groups in total. The highest BCUT2D eigenvalue weighted by Crippen LogP contribution is 2.28. The minimum absolute atomic E-state index is 0.472. The lowest BCUT2D eigenvalue weighted by Gasteiger charge is -2.17. The van der Waals surface area contributed by atoms with Crippen molar-refractivity contribution in [3.8, 4) is 0 Å². The summed E-state index contributed by atoms with van der Waals surface area (Å²) in [5, 5.41) is 2.47. The van der Waals surface area contributed by atoms with Crippen molar-refractivity contribution in [1.29, 1.82) is 0 Å². The van der Waals surface area contributed by atoms with Crippen LogP contribution in [0.25, 0.3) is 10.8 Å². The van der Waals surface area contributed by atoms with E-state index < -0.39 is 11.3 Å². The molecule has 0 fully saturated rings. The zero-order valence-corrected chi connectivity index (χ0v) is 12.6. The van der Waals surface area contributed by atoms with Crippen molar-refractivity contribution in [3.63, 3.8) is 0 Å². The Morgan fingerprint density at radius 3 is 2.55 bits per heavy atom. The van der Waals surface area contributed by atoms with Gasteiger partial charge in [-0.15, -0.1) is 0 Å². The van der Waals surface area contributed by atoms with Crippen LogP contribution in [0.5, 0.6) is 0 Å². The first kappa shape index (κ1) is 15.0. The minimum atomic E-state index is -2.17. The lowest BCUT2D eigenvalue weighted by atomic mass is 9.99. The normalized spacial score (nSPS) is 12.6. The van der Waals surface area contributed by atoms with Crippen LogP contribution in [0.3, 0.4) is 0 Å². The van der Waals surface area contributed by atoms with E-state index in [0.29, 0.717) is 6.54 Å². The van der Waals surface area contributed by atoms with E-state index in [2.05, 4.69) is 46.0 Å². The van der Waals surface area contributed by atoms with Crippen molar-refractivity contribution in [2.45, 2.75) is 12.8 Å². The van der Waals surface area contributed by atoms with E-state index in [-0.39, 0.29) is 0 Å². The van der Waals surface area contributed by atoms with E-state index in [1.54, 1.807) is 0 Å². The number of fused-ring (bicyclic) bond motifs is 1. The van der Waals surface area contributed by atoms with Crippen molar-refractivity contribution in [1.82, 2.24) is 4.72 Å². The van der Waals surface area contributed by atoms with Crippen LogP contribution in [0.2, 0.25) is 0 Å². The number of aryl methyl sites for hydroxylation is 1. The smallest absolute Gasteiger partial charge is 0.0440 e. The number of benzene rings is 2. The van der Waals surface area contributed by atoms with Gasteiger partial charge in [0.1, 0.15) is 0 Å². The topological polar surface area (TPSA) is 55.4 Å². The Labute approximate surface area is 122 Å². The molecular weight excluding hydrogens is 272 g/mol. The van der Waals surface area contributed by atoms with Gasteiger partial charge in [-0.25, -0.2) is 4.72 Å². The van der Waals surface area contributed by atoms with Gasteiger partial charge in [0.05, 0.1) is 0 Å². The molecule has 0 aliphatic rings. The number of rotatable bonds is 6. The van der Waals surface area contributed by atoms with E-state index in [4.69, 9.17) is 0 Å². The summed E-state index contributed by atoms with van der Waals surface area (Å²) in [5.41, 5.74) is 2.45. The number of nitrogens with zero attached hydrogens (tertiary/aromatic N) is 1. The van der Waals surface area contributed by atoms with Crippen molar-refractivity contribution in [3.05, 3.63) is 42.0 Å². The highest BCUT2D eigenvalue weighted by atomic mass is 32.2. The maximum atomic E-state index is 10.4. The monoisotopic (exact) mass is 291 g/mol. The van der Waals surface area contributed by atoms with E-state index >= 15 is 0 Å². The van der Waals surface area contributed by atoms with Crippen LogP contribution in [-0.2, 0) is 17.7 Å². The predicted octanol–water partition coefficient (Wildman–Crippen LogP) is 2.22. The van der Waals surface area contributed by atoms with Crippen LogP contribution in [-0.4, -0.2) is 29.4 Å².